The molecule has 4 rings (SSSR count). The molecule has 0 bridgehead atoms. The van der Waals surface area contributed by atoms with Gasteiger partial charge in [-0.3, -0.25) is 0 Å². The molecular formula is C14H14ClN3O. The van der Waals surface area contributed by atoms with E-state index in [-0.39, 0.29) is 0 Å². The third-order valence-corrected chi connectivity index (χ3v) is 4.44. The maximum Gasteiger partial charge on any atom is 0.241 e. The van der Waals surface area contributed by atoms with Gasteiger partial charge in [0.05, 0.1) is 0 Å². The summed E-state index contributed by atoms with van der Waals surface area (Å²) in [5.74, 6) is 3.48. The van der Waals surface area contributed by atoms with Crippen molar-refractivity contribution in [1.29, 1.82) is 0 Å². The van der Waals surface area contributed by atoms with Crippen molar-refractivity contribution in [2.45, 2.75) is 11.8 Å². The molecule has 3 atom stereocenters. The van der Waals surface area contributed by atoms with Crippen molar-refractivity contribution < 1.29 is 4.52 Å². The van der Waals surface area contributed by atoms with Crippen molar-refractivity contribution in [3.8, 4) is 0 Å². The third-order valence-electron chi connectivity index (χ3n) is 4.21. The van der Waals surface area contributed by atoms with E-state index < -0.39 is 0 Å². The molecular weight excluding hydrogens is 262 g/mol. The first kappa shape index (κ1) is 11.3. The molecule has 1 aromatic heterocycles. The number of fused-ring (bicyclic) bond motifs is 1. The molecule has 5 heteroatoms. The number of hydrogen-bond donors (Lipinski definition) is 0. The molecule has 0 radical (unpaired) electrons. The molecule has 1 aliphatic heterocycles. The van der Waals surface area contributed by atoms with Crippen LogP contribution in [0.3, 0.4) is 0 Å². The Morgan fingerprint density at radius 3 is 2.58 bits per heavy atom. The van der Waals surface area contributed by atoms with Gasteiger partial charge in [0, 0.05) is 24.7 Å². The Morgan fingerprint density at radius 1 is 1.21 bits per heavy atom. The Kier molecular flexibility index (Phi) is 2.52. The summed E-state index contributed by atoms with van der Waals surface area (Å²) in [4.78, 5) is 6.78. The first-order valence-corrected chi connectivity index (χ1v) is 7.08. The number of hydrogen-bond acceptors (Lipinski definition) is 4. The maximum atomic E-state index is 5.68. The molecule has 1 unspecified atom stereocenters. The fourth-order valence-corrected chi connectivity index (χ4v) is 3.33. The number of nitrogens with zero attached hydrogens (tertiary/aromatic N) is 3. The smallest absolute Gasteiger partial charge is 0.241 e. The van der Waals surface area contributed by atoms with Gasteiger partial charge < -0.3 is 9.42 Å². The van der Waals surface area contributed by atoms with Crippen molar-refractivity contribution in [2.75, 3.05) is 18.0 Å². The third kappa shape index (κ3) is 1.82. The summed E-state index contributed by atoms with van der Waals surface area (Å²) in [6, 6.07) is 10.6. The number of benzene rings is 1. The summed E-state index contributed by atoms with van der Waals surface area (Å²) in [7, 11) is 0. The van der Waals surface area contributed by atoms with Crippen molar-refractivity contribution in [1.82, 2.24) is 10.1 Å². The molecule has 19 heavy (non-hydrogen) atoms. The van der Waals surface area contributed by atoms with Gasteiger partial charge in [0.1, 0.15) is 5.88 Å². The molecule has 2 heterocycles. The average molecular weight is 276 g/mol. The predicted octanol–water partition coefficient (Wildman–Crippen LogP) is 2.66. The van der Waals surface area contributed by atoms with Crippen molar-refractivity contribution in [3.05, 3.63) is 42.0 Å². The summed E-state index contributed by atoms with van der Waals surface area (Å²) in [5.41, 5.74) is 1.31. The molecule has 4 nitrogen and oxygen atoms in total. The Bertz CT molecular complexity index is 573. The fraction of sp³-hybridized carbons (Fsp3) is 0.429. The first-order chi connectivity index (χ1) is 9.36. The molecule has 0 amide bonds. The van der Waals surface area contributed by atoms with Gasteiger partial charge in [-0.05, 0) is 24.0 Å². The summed E-state index contributed by atoms with van der Waals surface area (Å²) in [6.45, 7) is 2.17. The highest BCUT2D eigenvalue weighted by molar-refractivity contribution is 6.16. The van der Waals surface area contributed by atoms with Crippen LogP contribution in [0, 0.1) is 11.8 Å². The summed E-state index contributed by atoms with van der Waals surface area (Å²) in [5, 5.41) is 4.04. The highest BCUT2D eigenvalue weighted by atomic mass is 35.5. The predicted molar refractivity (Wildman–Crippen MR) is 72.2 cm³/mol. The number of piperidine rings is 1. The van der Waals surface area contributed by atoms with Gasteiger partial charge >= 0.3 is 0 Å². The normalized spacial score (nSPS) is 28.5. The van der Waals surface area contributed by atoms with E-state index in [0.29, 0.717) is 29.5 Å². The molecule has 1 saturated heterocycles. The van der Waals surface area contributed by atoms with Gasteiger partial charge in [0.15, 0.2) is 5.82 Å². The second-order valence-electron chi connectivity index (χ2n) is 5.27. The minimum Gasteiger partial charge on any atom is -0.371 e. The summed E-state index contributed by atoms with van der Waals surface area (Å²) >= 11 is 5.68. The van der Waals surface area contributed by atoms with Crippen LogP contribution in [0.4, 0.5) is 5.69 Å². The van der Waals surface area contributed by atoms with Gasteiger partial charge in [-0.1, -0.05) is 23.4 Å². The summed E-state index contributed by atoms with van der Waals surface area (Å²) in [6.07, 6.45) is 0. The van der Waals surface area contributed by atoms with Gasteiger partial charge in [-0.2, -0.15) is 4.98 Å². The molecule has 0 N–H and O–H groups in total. The zero-order valence-electron chi connectivity index (χ0n) is 10.4. The van der Waals surface area contributed by atoms with Crippen molar-refractivity contribution in [2.24, 2.45) is 11.8 Å². The summed E-state index contributed by atoms with van der Waals surface area (Å²) < 4.78 is 5.09. The zero-order valence-corrected chi connectivity index (χ0v) is 11.1. The molecule has 2 fully saturated rings. The standard InChI is InChI=1S/C14H14ClN3O/c15-6-12-16-14(17-19-12)13-10-7-18(8-11(10)13)9-4-2-1-3-5-9/h1-5,10-11,13H,6-8H2/t10-,11+,13?. The van der Waals surface area contributed by atoms with Crippen LogP contribution in [0.2, 0.25) is 0 Å². The molecule has 1 aliphatic carbocycles. The zero-order chi connectivity index (χ0) is 12.8. The second-order valence-corrected chi connectivity index (χ2v) is 5.54. The van der Waals surface area contributed by atoms with E-state index in [1.165, 1.54) is 5.69 Å². The fourth-order valence-electron chi connectivity index (χ4n) is 3.22. The molecule has 1 saturated carbocycles. The molecule has 2 aliphatic rings. The van der Waals surface area contributed by atoms with E-state index in [0.717, 1.165) is 18.9 Å². The lowest BCUT2D eigenvalue weighted by Crippen LogP contribution is -2.23. The van der Waals surface area contributed by atoms with E-state index in [1.807, 2.05) is 0 Å². The van der Waals surface area contributed by atoms with Crippen LogP contribution in [-0.2, 0) is 5.88 Å². The molecule has 1 aromatic carbocycles. The van der Waals surface area contributed by atoms with E-state index in [2.05, 4.69) is 45.4 Å². The number of halogens is 1. The van der Waals surface area contributed by atoms with E-state index in [9.17, 15) is 0 Å². The second kappa shape index (κ2) is 4.23. The maximum absolute atomic E-state index is 5.68. The van der Waals surface area contributed by atoms with E-state index in [1.54, 1.807) is 0 Å². The van der Waals surface area contributed by atoms with Crippen LogP contribution in [0.5, 0.6) is 0 Å². The monoisotopic (exact) mass is 275 g/mol. The number of rotatable bonds is 3. The van der Waals surface area contributed by atoms with E-state index >= 15 is 0 Å². The number of anilines is 1. The van der Waals surface area contributed by atoms with Crippen molar-refractivity contribution in [3.63, 3.8) is 0 Å². The Balaban J connectivity index is 1.46. The van der Waals surface area contributed by atoms with Crippen LogP contribution < -0.4 is 4.90 Å². The number of para-hydroxylation sites is 1. The molecule has 98 valence electrons. The lowest BCUT2D eigenvalue weighted by atomic mass is 10.2. The van der Waals surface area contributed by atoms with E-state index in [4.69, 9.17) is 16.1 Å². The Morgan fingerprint density at radius 2 is 1.95 bits per heavy atom. The lowest BCUT2D eigenvalue weighted by molar-refractivity contribution is 0.383. The molecule has 0 spiro atoms. The highest BCUT2D eigenvalue weighted by Crippen LogP contribution is 2.57. The minimum atomic E-state index is 0.297. The highest BCUT2D eigenvalue weighted by Gasteiger charge is 2.58. The van der Waals surface area contributed by atoms with Crippen LogP contribution in [0.15, 0.2) is 34.9 Å². The quantitative estimate of drug-likeness (QED) is 0.808. The van der Waals surface area contributed by atoms with Crippen LogP contribution in [-0.4, -0.2) is 23.2 Å². The van der Waals surface area contributed by atoms with Gasteiger partial charge in [0.2, 0.25) is 5.89 Å². The van der Waals surface area contributed by atoms with Crippen LogP contribution in [0.25, 0.3) is 0 Å². The number of alkyl halides is 1. The number of aromatic nitrogens is 2. The first-order valence-electron chi connectivity index (χ1n) is 6.55. The van der Waals surface area contributed by atoms with Gasteiger partial charge in [0.25, 0.3) is 0 Å². The SMILES string of the molecule is ClCc1nc(C2[C@H]3CN(c4ccccc4)C[C@@H]23)no1. The Hall–Kier alpha value is -1.55. The largest absolute Gasteiger partial charge is 0.371 e. The lowest BCUT2D eigenvalue weighted by Gasteiger charge is -2.21. The Labute approximate surface area is 116 Å². The van der Waals surface area contributed by atoms with Crippen molar-refractivity contribution >= 4 is 17.3 Å². The van der Waals surface area contributed by atoms with Crippen LogP contribution in [0.1, 0.15) is 17.6 Å². The van der Waals surface area contributed by atoms with Crippen LogP contribution >= 0.6 is 11.6 Å². The van der Waals surface area contributed by atoms with Gasteiger partial charge in [-0.15, -0.1) is 11.6 Å². The topological polar surface area (TPSA) is 42.2 Å². The van der Waals surface area contributed by atoms with Gasteiger partial charge in [-0.25, -0.2) is 0 Å². The average Bonchev–Trinajstić information content (AvgIpc) is 2.89. The minimum absolute atomic E-state index is 0.297. The molecule has 2 aromatic rings.